The van der Waals surface area contributed by atoms with Gasteiger partial charge in [0.1, 0.15) is 5.52 Å². The summed E-state index contributed by atoms with van der Waals surface area (Å²) in [5.74, 6) is 0. The number of hydrogen-bond donors (Lipinski definition) is 2. The Labute approximate surface area is 106 Å². The number of nitrogen functional groups attached to an aromatic ring is 1. The van der Waals surface area contributed by atoms with Gasteiger partial charge in [-0.05, 0) is 24.6 Å². The summed E-state index contributed by atoms with van der Waals surface area (Å²) in [6.45, 7) is 5.57. The number of oxazole rings is 1. The molecule has 0 bridgehead atoms. The van der Waals surface area contributed by atoms with Gasteiger partial charge < -0.3 is 20.2 Å². The van der Waals surface area contributed by atoms with Crippen LogP contribution in [0, 0.1) is 0 Å². The van der Waals surface area contributed by atoms with Gasteiger partial charge >= 0.3 is 0 Å². The van der Waals surface area contributed by atoms with Crippen molar-refractivity contribution < 1.29 is 9.15 Å². The molecule has 0 atom stereocenters. The first-order valence-electron chi connectivity index (χ1n) is 5.88. The summed E-state index contributed by atoms with van der Waals surface area (Å²) < 4.78 is 10.9. The Bertz CT molecular complexity index is 522. The number of ether oxygens (including phenoxy) is 1. The van der Waals surface area contributed by atoms with Crippen molar-refractivity contribution in [3.63, 3.8) is 0 Å². The lowest BCUT2D eigenvalue weighted by Crippen LogP contribution is -2.09. The third kappa shape index (κ3) is 3.24. The van der Waals surface area contributed by atoms with Crippen LogP contribution in [0.4, 0.5) is 11.7 Å². The highest BCUT2D eigenvalue weighted by atomic mass is 16.5. The molecule has 0 radical (unpaired) electrons. The average molecular weight is 247 g/mol. The van der Waals surface area contributed by atoms with Crippen molar-refractivity contribution in [3.05, 3.63) is 30.9 Å². The average Bonchev–Trinajstić information content (AvgIpc) is 2.75. The van der Waals surface area contributed by atoms with Crippen LogP contribution in [0.25, 0.3) is 11.1 Å². The molecule has 1 aromatic heterocycles. The zero-order chi connectivity index (χ0) is 12.8. The maximum absolute atomic E-state index is 5.67. The molecular weight excluding hydrogens is 230 g/mol. The topological polar surface area (TPSA) is 73.3 Å². The molecule has 0 amide bonds. The molecule has 1 aromatic carbocycles. The van der Waals surface area contributed by atoms with Gasteiger partial charge in [-0.25, -0.2) is 0 Å². The first-order chi connectivity index (χ1) is 8.79. The second-order valence-corrected chi connectivity index (χ2v) is 3.86. The van der Waals surface area contributed by atoms with E-state index in [1.807, 2.05) is 12.1 Å². The van der Waals surface area contributed by atoms with Gasteiger partial charge in [-0.2, -0.15) is 4.98 Å². The molecule has 0 fully saturated rings. The molecule has 2 aromatic rings. The quantitative estimate of drug-likeness (QED) is 0.446. The molecule has 96 valence electrons. The Hall–Kier alpha value is -2.01. The number of nitrogens with zero attached hydrogens (tertiary/aromatic N) is 1. The number of rotatable bonds is 7. The number of fused-ring (bicyclic) bond motifs is 1. The fourth-order valence-electron chi connectivity index (χ4n) is 1.52. The molecule has 18 heavy (non-hydrogen) atoms. The highest BCUT2D eigenvalue weighted by Gasteiger charge is 2.04. The van der Waals surface area contributed by atoms with E-state index in [2.05, 4.69) is 16.9 Å². The Balaban J connectivity index is 1.82. The van der Waals surface area contributed by atoms with Crippen LogP contribution in [-0.4, -0.2) is 24.7 Å². The van der Waals surface area contributed by atoms with E-state index in [9.17, 15) is 0 Å². The van der Waals surface area contributed by atoms with Crippen molar-refractivity contribution in [1.29, 1.82) is 0 Å². The first kappa shape index (κ1) is 12.4. The van der Waals surface area contributed by atoms with Crippen LogP contribution >= 0.6 is 0 Å². The van der Waals surface area contributed by atoms with Gasteiger partial charge in [0.2, 0.25) is 0 Å². The molecule has 0 aliphatic carbocycles. The van der Waals surface area contributed by atoms with Crippen LogP contribution in [0.1, 0.15) is 6.42 Å². The molecule has 5 nitrogen and oxygen atoms in total. The van der Waals surface area contributed by atoms with Crippen molar-refractivity contribution in [1.82, 2.24) is 4.98 Å². The Kier molecular flexibility index (Phi) is 4.20. The van der Waals surface area contributed by atoms with E-state index >= 15 is 0 Å². The second kappa shape index (κ2) is 6.07. The largest absolute Gasteiger partial charge is 0.424 e. The minimum atomic E-state index is 0.489. The van der Waals surface area contributed by atoms with E-state index in [0.717, 1.165) is 17.5 Å². The molecule has 0 spiro atoms. The van der Waals surface area contributed by atoms with E-state index in [0.29, 0.717) is 31.5 Å². The maximum atomic E-state index is 5.67. The predicted molar refractivity (Wildman–Crippen MR) is 72.5 cm³/mol. The number of anilines is 2. The van der Waals surface area contributed by atoms with Crippen molar-refractivity contribution in [2.24, 2.45) is 0 Å². The molecule has 0 saturated carbocycles. The van der Waals surface area contributed by atoms with Crippen LogP contribution in [-0.2, 0) is 4.74 Å². The van der Waals surface area contributed by atoms with Crippen LogP contribution in [0.15, 0.2) is 35.3 Å². The monoisotopic (exact) mass is 247 g/mol. The summed E-state index contributed by atoms with van der Waals surface area (Å²) >= 11 is 0. The SMILES string of the molecule is C=CCCOCCNc1nc2cc(N)ccc2o1. The number of nitrogens with two attached hydrogens (primary N) is 1. The normalized spacial score (nSPS) is 10.7. The molecule has 0 aliphatic heterocycles. The molecule has 1 heterocycles. The van der Waals surface area contributed by atoms with E-state index in [1.165, 1.54) is 0 Å². The summed E-state index contributed by atoms with van der Waals surface area (Å²) in [5.41, 5.74) is 7.82. The van der Waals surface area contributed by atoms with Crippen LogP contribution in [0.5, 0.6) is 0 Å². The van der Waals surface area contributed by atoms with E-state index in [4.69, 9.17) is 14.9 Å². The van der Waals surface area contributed by atoms with Crippen LogP contribution < -0.4 is 11.1 Å². The standard InChI is InChI=1S/C13H17N3O2/c1-2-3-7-17-8-6-15-13-16-11-9-10(14)4-5-12(11)18-13/h2,4-5,9H,1,3,6-8,14H2,(H,15,16). The van der Waals surface area contributed by atoms with Gasteiger partial charge in [-0.1, -0.05) is 6.08 Å². The van der Waals surface area contributed by atoms with Gasteiger partial charge in [-0.3, -0.25) is 0 Å². The molecular formula is C13H17N3O2. The van der Waals surface area contributed by atoms with Gasteiger partial charge in [0, 0.05) is 12.2 Å². The van der Waals surface area contributed by atoms with E-state index < -0.39 is 0 Å². The molecule has 5 heteroatoms. The Morgan fingerprint density at radius 3 is 3.17 bits per heavy atom. The fourth-order valence-corrected chi connectivity index (χ4v) is 1.52. The van der Waals surface area contributed by atoms with Crippen molar-refractivity contribution in [3.8, 4) is 0 Å². The van der Waals surface area contributed by atoms with Crippen molar-refractivity contribution in [2.75, 3.05) is 30.8 Å². The minimum Gasteiger partial charge on any atom is -0.424 e. The van der Waals surface area contributed by atoms with Crippen LogP contribution in [0.2, 0.25) is 0 Å². The summed E-state index contributed by atoms with van der Waals surface area (Å²) in [5, 5.41) is 3.06. The number of aromatic nitrogens is 1. The van der Waals surface area contributed by atoms with Gasteiger partial charge in [0.15, 0.2) is 5.58 Å². The first-order valence-corrected chi connectivity index (χ1v) is 5.88. The molecule has 3 N–H and O–H groups in total. The highest BCUT2D eigenvalue weighted by molar-refractivity contribution is 5.78. The fraction of sp³-hybridized carbons (Fsp3) is 0.308. The highest BCUT2D eigenvalue weighted by Crippen LogP contribution is 2.20. The second-order valence-electron chi connectivity index (χ2n) is 3.86. The maximum Gasteiger partial charge on any atom is 0.295 e. The third-order valence-corrected chi connectivity index (χ3v) is 2.40. The molecule has 0 saturated heterocycles. The Morgan fingerprint density at radius 1 is 1.44 bits per heavy atom. The van der Waals surface area contributed by atoms with E-state index in [1.54, 1.807) is 12.1 Å². The van der Waals surface area contributed by atoms with Crippen molar-refractivity contribution in [2.45, 2.75) is 6.42 Å². The smallest absolute Gasteiger partial charge is 0.295 e. The van der Waals surface area contributed by atoms with Crippen molar-refractivity contribution >= 4 is 22.8 Å². The predicted octanol–water partition coefficient (Wildman–Crippen LogP) is 2.41. The minimum absolute atomic E-state index is 0.489. The third-order valence-electron chi connectivity index (χ3n) is 2.40. The number of nitrogens with one attached hydrogen (secondary N) is 1. The number of benzene rings is 1. The summed E-state index contributed by atoms with van der Waals surface area (Å²) in [4.78, 5) is 4.28. The van der Waals surface area contributed by atoms with Gasteiger partial charge in [0.05, 0.1) is 13.2 Å². The number of hydrogen-bond acceptors (Lipinski definition) is 5. The van der Waals surface area contributed by atoms with Crippen LogP contribution in [0.3, 0.4) is 0 Å². The lowest BCUT2D eigenvalue weighted by molar-refractivity contribution is 0.148. The Morgan fingerprint density at radius 2 is 2.33 bits per heavy atom. The lowest BCUT2D eigenvalue weighted by atomic mass is 10.3. The summed E-state index contributed by atoms with van der Waals surface area (Å²) in [6.07, 6.45) is 2.70. The van der Waals surface area contributed by atoms with Gasteiger partial charge in [0.25, 0.3) is 6.01 Å². The van der Waals surface area contributed by atoms with E-state index in [-0.39, 0.29) is 0 Å². The lowest BCUT2D eigenvalue weighted by Gasteiger charge is -2.02. The molecule has 2 rings (SSSR count). The molecule has 0 unspecified atom stereocenters. The zero-order valence-corrected chi connectivity index (χ0v) is 10.2. The summed E-state index contributed by atoms with van der Waals surface area (Å²) in [7, 11) is 0. The zero-order valence-electron chi connectivity index (χ0n) is 10.2. The van der Waals surface area contributed by atoms with Gasteiger partial charge in [-0.15, -0.1) is 6.58 Å². The molecule has 0 aliphatic rings. The summed E-state index contributed by atoms with van der Waals surface area (Å²) in [6, 6.07) is 5.87.